The summed E-state index contributed by atoms with van der Waals surface area (Å²) < 4.78 is 69.0. The molecule has 0 spiro atoms. The van der Waals surface area contributed by atoms with Gasteiger partial charge in [-0.1, -0.05) is 38.1 Å². The van der Waals surface area contributed by atoms with Crippen molar-refractivity contribution in [2.24, 2.45) is 11.3 Å². The smallest absolute Gasteiger partial charge is 0.475 e. The van der Waals surface area contributed by atoms with E-state index in [0.717, 1.165) is 30.8 Å². The third-order valence-corrected chi connectivity index (χ3v) is 3.95. The van der Waals surface area contributed by atoms with E-state index in [2.05, 4.69) is 25.2 Å². The molecule has 1 aliphatic heterocycles. The summed E-state index contributed by atoms with van der Waals surface area (Å²) >= 11 is 0. The summed E-state index contributed by atoms with van der Waals surface area (Å²) in [6, 6.07) is 5.26. The molecule has 3 nitrogen and oxygen atoms in total. The first-order valence-corrected chi connectivity index (χ1v) is 7.60. The van der Waals surface area contributed by atoms with Crippen LogP contribution in [0, 0.1) is 11.3 Å². The van der Waals surface area contributed by atoms with Crippen LogP contribution < -0.4 is 5.32 Å². The van der Waals surface area contributed by atoms with Crippen LogP contribution >= 0.6 is 0 Å². The van der Waals surface area contributed by atoms with Crippen molar-refractivity contribution in [2.75, 3.05) is 13.1 Å². The number of halogens is 6. The van der Waals surface area contributed by atoms with Crippen LogP contribution in [-0.4, -0.2) is 30.3 Å². The highest BCUT2D eigenvalue weighted by Gasteiger charge is 2.38. The summed E-state index contributed by atoms with van der Waals surface area (Å²) in [5, 5.41) is 10.5. The Hall–Kier alpha value is -2.03. The molecule has 1 heterocycles. The molecular weight excluding hydrogens is 364 g/mol. The fraction of sp³-hybridized carbons (Fsp3) is 0.471. The first-order chi connectivity index (χ1) is 11.7. The number of hydrogen-bond acceptors (Lipinski definition) is 2. The second-order valence-corrected chi connectivity index (χ2v) is 6.51. The number of nitrogens with one attached hydrogen (secondary N) is 1. The molecule has 0 saturated carbocycles. The Kier molecular flexibility index (Phi) is 6.87. The largest absolute Gasteiger partial charge is 0.490 e. The molecule has 1 aromatic rings. The predicted molar refractivity (Wildman–Crippen MR) is 84.3 cm³/mol. The van der Waals surface area contributed by atoms with E-state index in [9.17, 15) is 26.3 Å². The zero-order valence-corrected chi connectivity index (χ0v) is 14.1. The minimum atomic E-state index is -5.08. The van der Waals surface area contributed by atoms with E-state index in [1.54, 1.807) is 0 Å². The molecule has 1 saturated heterocycles. The molecular formula is C17H19F6NO2. The molecule has 0 radical (unpaired) electrons. The van der Waals surface area contributed by atoms with Gasteiger partial charge < -0.3 is 10.4 Å². The van der Waals surface area contributed by atoms with E-state index in [4.69, 9.17) is 9.90 Å². The third kappa shape index (κ3) is 6.70. The van der Waals surface area contributed by atoms with Crippen LogP contribution in [0.15, 0.2) is 30.3 Å². The van der Waals surface area contributed by atoms with Gasteiger partial charge in [-0.25, -0.2) is 4.79 Å². The van der Waals surface area contributed by atoms with E-state index in [0.29, 0.717) is 5.92 Å². The van der Waals surface area contributed by atoms with Crippen molar-refractivity contribution in [1.29, 1.82) is 0 Å². The van der Waals surface area contributed by atoms with Crippen LogP contribution in [0.3, 0.4) is 0 Å². The SMILES string of the molecule is CC1(C)CNCC1/C=C/c1ccc(C(F)(F)F)cc1.O=C(O)C(F)(F)F. The number of carboxylic acid groups (broad SMARTS) is 1. The fourth-order valence-corrected chi connectivity index (χ4v) is 2.30. The molecule has 146 valence electrons. The molecule has 2 rings (SSSR count). The summed E-state index contributed by atoms with van der Waals surface area (Å²) in [4.78, 5) is 8.90. The molecule has 1 unspecified atom stereocenters. The van der Waals surface area contributed by atoms with Gasteiger partial charge in [-0.15, -0.1) is 0 Å². The van der Waals surface area contributed by atoms with Crippen molar-refractivity contribution in [3.63, 3.8) is 0 Å². The van der Waals surface area contributed by atoms with Crippen molar-refractivity contribution in [2.45, 2.75) is 26.2 Å². The van der Waals surface area contributed by atoms with E-state index >= 15 is 0 Å². The van der Waals surface area contributed by atoms with Crippen LogP contribution in [0.4, 0.5) is 26.3 Å². The van der Waals surface area contributed by atoms with Gasteiger partial charge in [0.05, 0.1) is 5.56 Å². The molecule has 0 aromatic heterocycles. The van der Waals surface area contributed by atoms with Gasteiger partial charge in [-0.3, -0.25) is 0 Å². The van der Waals surface area contributed by atoms with Crippen molar-refractivity contribution < 1.29 is 36.2 Å². The monoisotopic (exact) mass is 383 g/mol. The van der Waals surface area contributed by atoms with Crippen LogP contribution in [0.25, 0.3) is 6.08 Å². The normalized spacial score (nSPS) is 19.9. The number of alkyl halides is 6. The average Bonchev–Trinajstić information content (AvgIpc) is 2.83. The average molecular weight is 383 g/mol. The van der Waals surface area contributed by atoms with Crippen molar-refractivity contribution in [1.82, 2.24) is 5.32 Å². The van der Waals surface area contributed by atoms with Crippen LogP contribution in [0.5, 0.6) is 0 Å². The van der Waals surface area contributed by atoms with E-state index < -0.39 is 23.9 Å². The maximum absolute atomic E-state index is 12.4. The van der Waals surface area contributed by atoms with Crippen LogP contribution in [-0.2, 0) is 11.0 Å². The quantitative estimate of drug-likeness (QED) is 0.734. The molecule has 1 fully saturated rings. The predicted octanol–water partition coefficient (Wildman–Crippen LogP) is 4.60. The highest BCUT2D eigenvalue weighted by atomic mass is 19.4. The van der Waals surface area contributed by atoms with Crippen molar-refractivity contribution >= 4 is 12.0 Å². The Labute approximate surface area is 146 Å². The zero-order chi connectivity index (χ0) is 20.2. The summed E-state index contributed by atoms with van der Waals surface area (Å²) in [6.07, 6.45) is -5.36. The molecule has 0 aliphatic carbocycles. The highest BCUT2D eigenvalue weighted by Crippen LogP contribution is 2.32. The number of benzene rings is 1. The molecule has 0 bridgehead atoms. The van der Waals surface area contributed by atoms with Gasteiger partial charge in [-0.05, 0) is 29.0 Å². The maximum Gasteiger partial charge on any atom is 0.490 e. The lowest BCUT2D eigenvalue weighted by molar-refractivity contribution is -0.192. The number of carbonyl (C=O) groups is 1. The highest BCUT2D eigenvalue weighted by molar-refractivity contribution is 5.73. The van der Waals surface area contributed by atoms with Gasteiger partial charge >= 0.3 is 18.3 Å². The summed E-state index contributed by atoms with van der Waals surface area (Å²) in [7, 11) is 0. The van der Waals surface area contributed by atoms with E-state index in [-0.39, 0.29) is 5.41 Å². The van der Waals surface area contributed by atoms with E-state index in [1.165, 1.54) is 12.1 Å². The van der Waals surface area contributed by atoms with Gasteiger partial charge in [-0.2, -0.15) is 26.3 Å². The molecule has 9 heteroatoms. The summed E-state index contributed by atoms with van der Waals surface area (Å²) in [6.45, 7) is 6.27. The summed E-state index contributed by atoms with van der Waals surface area (Å²) in [5.74, 6) is -2.35. The first kappa shape index (κ1) is 22.0. The van der Waals surface area contributed by atoms with Gasteiger partial charge in [0.25, 0.3) is 0 Å². The Morgan fingerprint density at radius 1 is 1.15 bits per heavy atom. The second-order valence-electron chi connectivity index (χ2n) is 6.51. The minimum Gasteiger partial charge on any atom is -0.475 e. The number of carboxylic acids is 1. The van der Waals surface area contributed by atoms with Crippen LogP contribution in [0.1, 0.15) is 25.0 Å². The Balaban J connectivity index is 0.000000412. The maximum atomic E-state index is 12.4. The van der Waals surface area contributed by atoms with Crippen molar-refractivity contribution in [3.8, 4) is 0 Å². The van der Waals surface area contributed by atoms with Gasteiger partial charge in [0, 0.05) is 13.1 Å². The molecule has 1 aromatic carbocycles. The second kappa shape index (κ2) is 8.11. The summed E-state index contributed by atoms with van der Waals surface area (Å²) in [5.41, 5.74) is 0.394. The number of hydrogen-bond donors (Lipinski definition) is 2. The zero-order valence-electron chi connectivity index (χ0n) is 14.1. The number of rotatable bonds is 2. The molecule has 2 N–H and O–H groups in total. The lowest BCUT2D eigenvalue weighted by Crippen LogP contribution is -2.21. The van der Waals surface area contributed by atoms with Crippen molar-refractivity contribution in [3.05, 3.63) is 41.5 Å². The first-order valence-electron chi connectivity index (χ1n) is 7.60. The molecule has 1 aliphatic rings. The molecule has 26 heavy (non-hydrogen) atoms. The minimum absolute atomic E-state index is 0.197. The van der Waals surface area contributed by atoms with E-state index in [1.807, 2.05) is 6.08 Å². The molecule has 1 atom stereocenters. The lowest BCUT2D eigenvalue weighted by Gasteiger charge is -2.22. The van der Waals surface area contributed by atoms with Gasteiger partial charge in [0.2, 0.25) is 0 Å². The molecule has 0 amide bonds. The Morgan fingerprint density at radius 2 is 1.65 bits per heavy atom. The van der Waals surface area contributed by atoms with Gasteiger partial charge in [0.15, 0.2) is 0 Å². The Bertz CT molecular complexity index is 632. The van der Waals surface area contributed by atoms with Gasteiger partial charge in [0.1, 0.15) is 0 Å². The standard InChI is InChI=1S/C15H18F3N.C2HF3O2/c1-14(2)10-19-9-13(14)8-5-11-3-6-12(7-4-11)15(16,17)18;3-2(4,5)1(6)7/h3-8,13,19H,9-10H2,1-2H3;(H,6,7)/b8-5+;. The fourth-order valence-electron chi connectivity index (χ4n) is 2.30. The van der Waals surface area contributed by atoms with Crippen LogP contribution in [0.2, 0.25) is 0 Å². The lowest BCUT2D eigenvalue weighted by atomic mass is 9.82. The third-order valence-electron chi connectivity index (χ3n) is 3.95. The Morgan fingerprint density at radius 3 is 2.00 bits per heavy atom. The topological polar surface area (TPSA) is 49.3 Å². The number of aliphatic carboxylic acids is 1.